The number of amides is 1. The summed E-state index contributed by atoms with van der Waals surface area (Å²) in [5.41, 5.74) is 0.984. The average molecular weight is 236 g/mol. The van der Waals surface area contributed by atoms with Crippen LogP contribution >= 0.6 is 12.2 Å². The van der Waals surface area contributed by atoms with Gasteiger partial charge in [-0.25, -0.2) is 4.79 Å². The van der Waals surface area contributed by atoms with Crippen LogP contribution in [-0.2, 0) is 4.74 Å². The molecule has 0 spiro atoms. The first kappa shape index (κ1) is 10.9. The maximum absolute atomic E-state index is 11.5. The first-order valence-corrected chi connectivity index (χ1v) is 5.38. The number of carbonyl (C=O) groups is 1. The van der Waals surface area contributed by atoms with Crippen LogP contribution in [0.5, 0.6) is 0 Å². The second-order valence-corrected chi connectivity index (χ2v) is 3.84. The van der Waals surface area contributed by atoms with Gasteiger partial charge in [-0.1, -0.05) is 30.3 Å². The predicted molar refractivity (Wildman–Crippen MR) is 64.0 cm³/mol. The SMILES string of the molecule is CNC(=S)N1CC(c2ccccc2)OC1=O. The minimum atomic E-state index is -0.395. The van der Waals surface area contributed by atoms with Crippen LogP contribution in [0, 0.1) is 0 Å². The molecule has 84 valence electrons. The maximum Gasteiger partial charge on any atom is 0.416 e. The van der Waals surface area contributed by atoms with Crippen molar-refractivity contribution in [1.29, 1.82) is 0 Å². The van der Waals surface area contributed by atoms with Crippen molar-refractivity contribution in [1.82, 2.24) is 10.2 Å². The van der Waals surface area contributed by atoms with Gasteiger partial charge < -0.3 is 10.1 Å². The molecule has 1 aliphatic heterocycles. The zero-order valence-corrected chi connectivity index (χ0v) is 9.66. The molecule has 2 rings (SSSR count). The summed E-state index contributed by atoms with van der Waals surface area (Å²) >= 11 is 5.01. The standard InChI is InChI=1S/C11H12N2O2S/c1-12-10(16)13-7-9(15-11(13)14)8-5-3-2-4-6-8/h2-6,9H,7H2,1H3,(H,12,16). The van der Waals surface area contributed by atoms with Crippen LogP contribution in [-0.4, -0.2) is 29.7 Å². The molecule has 0 radical (unpaired) electrons. The zero-order chi connectivity index (χ0) is 11.5. The van der Waals surface area contributed by atoms with Crippen molar-refractivity contribution < 1.29 is 9.53 Å². The number of nitrogens with one attached hydrogen (secondary N) is 1. The molecule has 5 heteroatoms. The van der Waals surface area contributed by atoms with Crippen molar-refractivity contribution >= 4 is 23.4 Å². The molecule has 1 fully saturated rings. The summed E-state index contributed by atoms with van der Waals surface area (Å²) in [6.07, 6.45) is -0.631. The van der Waals surface area contributed by atoms with E-state index in [9.17, 15) is 4.79 Å². The van der Waals surface area contributed by atoms with Crippen molar-refractivity contribution in [2.24, 2.45) is 0 Å². The van der Waals surface area contributed by atoms with E-state index in [1.165, 1.54) is 4.90 Å². The minimum Gasteiger partial charge on any atom is -0.439 e. The van der Waals surface area contributed by atoms with Crippen LogP contribution in [0.15, 0.2) is 30.3 Å². The summed E-state index contributed by atoms with van der Waals surface area (Å²) < 4.78 is 5.24. The van der Waals surface area contributed by atoms with Crippen LogP contribution in [0.2, 0.25) is 0 Å². The van der Waals surface area contributed by atoms with E-state index in [2.05, 4.69) is 5.32 Å². The van der Waals surface area contributed by atoms with Gasteiger partial charge in [-0.3, -0.25) is 4.90 Å². The summed E-state index contributed by atoms with van der Waals surface area (Å²) in [6.45, 7) is 0.461. The first-order valence-electron chi connectivity index (χ1n) is 4.97. The summed E-state index contributed by atoms with van der Waals surface area (Å²) in [5, 5.41) is 3.16. The molecule has 1 saturated heterocycles. The smallest absolute Gasteiger partial charge is 0.416 e. The van der Waals surface area contributed by atoms with E-state index in [4.69, 9.17) is 17.0 Å². The fourth-order valence-corrected chi connectivity index (χ4v) is 1.75. The van der Waals surface area contributed by atoms with E-state index in [0.29, 0.717) is 11.7 Å². The van der Waals surface area contributed by atoms with Gasteiger partial charge in [0.2, 0.25) is 0 Å². The van der Waals surface area contributed by atoms with E-state index in [1.54, 1.807) is 7.05 Å². The van der Waals surface area contributed by atoms with Crippen molar-refractivity contribution in [2.75, 3.05) is 13.6 Å². The summed E-state index contributed by atoms with van der Waals surface area (Å²) in [6, 6.07) is 9.63. The number of cyclic esters (lactones) is 1. The Balaban J connectivity index is 2.13. The normalized spacial score (nSPS) is 19.4. The van der Waals surface area contributed by atoms with Crippen LogP contribution in [0.3, 0.4) is 0 Å². The molecule has 1 amide bonds. The Morgan fingerprint density at radius 3 is 2.81 bits per heavy atom. The Morgan fingerprint density at radius 2 is 2.19 bits per heavy atom. The maximum atomic E-state index is 11.5. The van der Waals surface area contributed by atoms with Gasteiger partial charge in [0.25, 0.3) is 0 Å². The summed E-state index contributed by atoms with van der Waals surface area (Å²) in [5.74, 6) is 0. The predicted octanol–water partition coefficient (Wildman–Crippen LogP) is 1.68. The van der Waals surface area contributed by atoms with Crippen LogP contribution < -0.4 is 5.32 Å². The highest BCUT2D eigenvalue weighted by molar-refractivity contribution is 7.80. The van der Waals surface area contributed by atoms with Gasteiger partial charge in [0.05, 0.1) is 6.54 Å². The van der Waals surface area contributed by atoms with Crippen LogP contribution in [0.4, 0.5) is 4.79 Å². The molecular weight excluding hydrogens is 224 g/mol. The van der Waals surface area contributed by atoms with E-state index in [-0.39, 0.29) is 6.10 Å². The number of benzene rings is 1. The van der Waals surface area contributed by atoms with Gasteiger partial charge in [0, 0.05) is 7.05 Å². The highest BCUT2D eigenvalue weighted by Crippen LogP contribution is 2.25. The van der Waals surface area contributed by atoms with Gasteiger partial charge >= 0.3 is 6.09 Å². The van der Waals surface area contributed by atoms with Gasteiger partial charge in [-0.2, -0.15) is 0 Å². The average Bonchev–Trinajstić information content (AvgIpc) is 2.71. The molecule has 1 unspecified atom stereocenters. The molecule has 1 aromatic rings. The van der Waals surface area contributed by atoms with Crippen LogP contribution in [0.25, 0.3) is 0 Å². The number of nitrogens with zero attached hydrogens (tertiary/aromatic N) is 1. The number of hydrogen-bond donors (Lipinski definition) is 1. The van der Waals surface area contributed by atoms with Crippen molar-refractivity contribution in [2.45, 2.75) is 6.10 Å². The lowest BCUT2D eigenvalue weighted by Gasteiger charge is -2.12. The second kappa shape index (κ2) is 4.49. The van der Waals surface area contributed by atoms with Crippen molar-refractivity contribution in [3.63, 3.8) is 0 Å². The highest BCUT2D eigenvalue weighted by atomic mass is 32.1. The highest BCUT2D eigenvalue weighted by Gasteiger charge is 2.34. The fourth-order valence-electron chi connectivity index (χ4n) is 1.60. The summed E-state index contributed by atoms with van der Waals surface area (Å²) in [7, 11) is 1.69. The molecular formula is C11H12N2O2S. The third-order valence-electron chi connectivity index (χ3n) is 2.44. The fraction of sp³-hybridized carbons (Fsp3) is 0.273. The molecule has 16 heavy (non-hydrogen) atoms. The third-order valence-corrected chi connectivity index (χ3v) is 2.87. The lowest BCUT2D eigenvalue weighted by Crippen LogP contribution is -2.38. The molecule has 1 N–H and O–H groups in total. The molecule has 1 aliphatic rings. The largest absolute Gasteiger partial charge is 0.439 e. The van der Waals surface area contributed by atoms with Crippen molar-refractivity contribution in [3.8, 4) is 0 Å². The van der Waals surface area contributed by atoms with Crippen molar-refractivity contribution in [3.05, 3.63) is 35.9 Å². The lowest BCUT2D eigenvalue weighted by molar-refractivity contribution is 0.137. The number of rotatable bonds is 1. The van der Waals surface area contributed by atoms with Gasteiger partial charge in [0.1, 0.15) is 6.10 Å². The number of hydrogen-bond acceptors (Lipinski definition) is 3. The van der Waals surface area contributed by atoms with Crippen LogP contribution in [0.1, 0.15) is 11.7 Å². The van der Waals surface area contributed by atoms with Gasteiger partial charge in [-0.05, 0) is 17.8 Å². The Morgan fingerprint density at radius 1 is 1.50 bits per heavy atom. The molecule has 1 atom stereocenters. The first-order chi connectivity index (χ1) is 7.72. The molecule has 1 aromatic carbocycles. The quantitative estimate of drug-likeness (QED) is 0.753. The zero-order valence-electron chi connectivity index (χ0n) is 8.84. The Labute approximate surface area is 99.2 Å². The Bertz CT molecular complexity index is 408. The number of carbonyl (C=O) groups excluding carboxylic acids is 1. The second-order valence-electron chi connectivity index (χ2n) is 3.45. The van der Waals surface area contributed by atoms with E-state index < -0.39 is 6.09 Å². The monoisotopic (exact) mass is 236 g/mol. The summed E-state index contributed by atoms with van der Waals surface area (Å²) in [4.78, 5) is 13.0. The number of thiocarbonyl (C=S) groups is 1. The molecule has 1 heterocycles. The molecule has 0 saturated carbocycles. The van der Waals surface area contributed by atoms with E-state index in [1.807, 2.05) is 30.3 Å². The molecule has 0 aromatic heterocycles. The van der Waals surface area contributed by atoms with Gasteiger partial charge in [0.15, 0.2) is 5.11 Å². The molecule has 4 nitrogen and oxygen atoms in total. The Hall–Kier alpha value is -1.62. The minimum absolute atomic E-state index is 0.236. The Kier molecular flexibility index (Phi) is 3.05. The lowest BCUT2D eigenvalue weighted by atomic mass is 10.1. The molecule has 0 bridgehead atoms. The van der Waals surface area contributed by atoms with E-state index >= 15 is 0 Å². The van der Waals surface area contributed by atoms with Gasteiger partial charge in [-0.15, -0.1) is 0 Å². The number of ether oxygens (including phenoxy) is 1. The van der Waals surface area contributed by atoms with E-state index in [0.717, 1.165) is 5.56 Å². The topological polar surface area (TPSA) is 41.6 Å². The molecule has 0 aliphatic carbocycles. The third kappa shape index (κ3) is 1.99.